The smallest absolute Gasteiger partial charge is 0.251 e. The molecule has 7 heteroatoms. The Bertz CT molecular complexity index is 841. The molecule has 1 aromatic carbocycles. The normalized spacial score (nSPS) is 10.8. The molecule has 1 N–H and O–H groups in total. The van der Waals surface area contributed by atoms with Crippen LogP contribution in [0.4, 0.5) is 0 Å². The van der Waals surface area contributed by atoms with Crippen molar-refractivity contribution < 1.29 is 13.9 Å². The average Bonchev–Trinajstić information content (AvgIpc) is 3.22. The third-order valence-corrected chi connectivity index (χ3v) is 4.33. The molecular weight excluding hydrogens is 326 g/mol. The fourth-order valence-electron chi connectivity index (χ4n) is 2.20. The maximum absolute atomic E-state index is 12.3. The van der Waals surface area contributed by atoms with Gasteiger partial charge in [0, 0.05) is 28.0 Å². The van der Waals surface area contributed by atoms with Gasteiger partial charge >= 0.3 is 0 Å². The fourth-order valence-corrected chi connectivity index (χ4v) is 3.03. The van der Waals surface area contributed by atoms with Crippen LogP contribution in [0, 0.1) is 6.92 Å². The van der Waals surface area contributed by atoms with E-state index in [0.717, 1.165) is 4.88 Å². The van der Waals surface area contributed by atoms with Crippen LogP contribution in [0.25, 0.3) is 11.5 Å². The number of ether oxygens (including phenoxy) is 1. The summed E-state index contributed by atoms with van der Waals surface area (Å²) in [6.07, 6.45) is 0. The minimum Gasteiger partial charge on any atom is -0.418 e. The van der Waals surface area contributed by atoms with E-state index in [0.29, 0.717) is 29.5 Å². The molecule has 2 heterocycles. The highest BCUT2D eigenvalue weighted by Crippen LogP contribution is 2.20. The number of methoxy groups -OCH3 is 1. The van der Waals surface area contributed by atoms with E-state index in [1.807, 2.05) is 25.1 Å². The quantitative estimate of drug-likeness (QED) is 0.744. The van der Waals surface area contributed by atoms with Gasteiger partial charge < -0.3 is 14.5 Å². The number of nitrogens with one attached hydrogen (secondary N) is 1. The number of aromatic nitrogens is 2. The summed E-state index contributed by atoms with van der Waals surface area (Å²) in [5, 5.41) is 10.8. The molecule has 6 nitrogen and oxygen atoms in total. The van der Waals surface area contributed by atoms with Gasteiger partial charge in [-0.2, -0.15) is 0 Å². The molecule has 0 fully saturated rings. The molecule has 0 atom stereocenters. The van der Waals surface area contributed by atoms with Crippen LogP contribution in [0.5, 0.6) is 0 Å². The maximum atomic E-state index is 12.3. The Morgan fingerprint density at radius 1 is 1.29 bits per heavy atom. The predicted octanol–water partition coefficient (Wildman–Crippen LogP) is 3.18. The first-order chi connectivity index (χ1) is 11.7. The minimum absolute atomic E-state index is 0.139. The SMILES string of the molecule is COCc1nnc(-c2cccc(C(=O)NCc3ccc(C)s3)c2)o1. The summed E-state index contributed by atoms with van der Waals surface area (Å²) in [6, 6.07) is 11.2. The van der Waals surface area contributed by atoms with Crippen LogP contribution in [0.15, 0.2) is 40.8 Å². The summed E-state index contributed by atoms with van der Waals surface area (Å²) >= 11 is 1.67. The van der Waals surface area contributed by atoms with Gasteiger partial charge in [0.2, 0.25) is 11.8 Å². The van der Waals surface area contributed by atoms with Crippen molar-refractivity contribution in [2.24, 2.45) is 0 Å². The molecule has 0 unspecified atom stereocenters. The molecule has 0 saturated carbocycles. The summed E-state index contributed by atoms with van der Waals surface area (Å²) in [4.78, 5) is 14.7. The number of hydrogen-bond donors (Lipinski definition) is 1. The van der Waals surface area contributed by atoms with Gasteiger partial charge in [-0.15, -0.1) is 21.5 Å². The van der Waals surface area contributed by atoms with Crippen molar-refractivity contribution in [3.8, 4) is 11.5 Å². The lowest BCUT2D eigenvalue weighted by atomic mass is 10.1. The van der Waals surface area contributed by atoms with Crippen LogP contribution in [-0.4, -0.2) is 23.2 Å². The lowest BCUT2D eigenvalue weighted by Crippen LogP contribution is -2.22. The lowest BCUT2D eigenvalue weighted by Gasteiger charge is -2.04. The molecule has 3 rings (SSSR count). The summed E-state index contributed by atoms with van der Waals surface area (Å²) in [7, 11) is 1.56. The number of aryl methyl sites for hydroxylation is 1. The molecule has 124 valence electrons. The Morgan fingerprint density at radius 2 is 2.17 bits per heavy atom. The van der Waals surface area contributed by atoms with Gasteiger partial charge in [0.05, 0.1) is 6.54 Å². The van der Waals surface area contributed by atoms with E-state index in [1.54, 1.807) is 36.6 Å². The zero-order valence-electron chi connectivity index (χ0n) is 13.4. The summed E-state index contributed by atoms with van der Waals surface area (Å²) < 4.78 is 10.5. The van der Waals surface area contributed by atoms with E-state index in [1.165, 1.54) is 4.88 Å². The third-order valence-electron chi connectivity index (χ3n) is 3.33. The van der Waals surface area contributed by atoms with E-state index in [-0.39, 0.29) is 12.5 Å². The second-order valence-corrected chi connectivity index (χ2v) is 6.58. The fraction of sp³-hybridized carbons (Fsp3) is 0.235. The standard InChI is InChI=1S/C17H17N3O3S/c1-11-6-7-14(24-11)9-18-16(21)12-4-3-5-13(8-12)17-20-19-15(23-17)10-22-2/h3-8H,9-10H2,1-2H3,(H,18,21). The highest BCUT2D eigenvalue weighted by molar-refractivity contribution is 7.11. The molecule has 3 aromatic rings. The topological polar surface area (TPSA) is 77.2 Å². The third kappa shape index (κ3) is 3.87. The van der Waals surface area contributed by atoms with E-state index in [2.05, 4.69) is 15.5 Å². The maximum Gasteiger partial charge on any atom is 0.251 e. The zero-order chi connectivity index (χ0) is 16.9. The Kier molecular flexibility index (Phi) is 5.02. The van der Waals surface area contributed by atoms with Crippen molar-refractivity contribution >= 4 is 17.2 Å². The van der Waals surface area contributed by atoms with Crippen LogP contribution in [0.2, 0.25) is 0 Å². The zero-order valence-corrected chi connectivity index (χ0v) is 14.2. The summed E-state index contributed by atoms with van der Waals surface area (Å²) in [5.41, 5.74) is 1.25. The van der Waals surface area contributed by atoms with Gasteiger partial charge in [0.1, 0.15) is 6.61 Å². The van der Waals surface area contributed by atoms with Gasteiger partial charge in [0.25, 0.3) is 5.91 Å². The predicted molar refractivity (Wildman–Crippen MR) is 90.7 cm³/mol. The van der Waals surface area contributed by atoms with Gasteiger partial charge in [-0.1, -0.05) is 6.07 Å². The second kappa shape index (κ2) is 7.37. The second-order valence-electron chi connectivity index (χ2n) is 5.21. The monoisotopic (exact) mass is 343 g/mol. The van der Waals surface area contributed by atoms with Crippen molar-refractivity contribution in [1.29, 1.82) is 0 Å². The number of benzene rings is 1. The van der Waals surface area contributed by atoms with E-state index >= 15 is 0 Å². The molecule has 1 amide bonds. The van der Waals surface area contributed by atoms with Crippen molar-refractivity contribution in [3.63, 3.8) is 0 Å². The van der Waals surface area contributed by atoms with Crippen molar-refractivity contribution in [1.82, 2.24) is 15.5 Å². The lowest BCUT2D eigenvalue weighted by molar-refractivity contribution is 0.0951. The highest BCUT2D eigenvalue weighted by atomic mass is 32.1. The molecule has 0 aliphatic carbocycles. The number of rotatable bonds is 6. The molecule has 0 aliphatic rings. The molecule has 2 aromatic heterocycles. The number of thiophene rings is 1. The number of carbonyl (C=O) groups excluding carboxylic acids is 1. The first kappa shape index (κ1) is 16.4. The number of amides is 1. The van der Waals surface area contributed by atoms with Crippen LogP contribution >= 0.6 is 11.3 Å². The Hall–Kier alpha value is -2.51. The minimum atomic E-state index is -0.139. The van der Waals surface area contributed by atoms with Crippen molar-refractivity contribution in [2.45, 2.75) is 20.1 Å². The number of nitrogens with zero attached hydrogens (tertiary/aromatic N) is 2. The van der Waals surface area contributed by atoms with Crippen molar-refractivity contribution in [3.05, 3.63) is 57.6 Å². The highest BCUT2D eigenvalue weighted by Gasteiger charge is 2.12. The molecule has 0 saturated heterocycles. The first-order valence-corrected chi connectivity index (χ1v) is 8.22. The van der Waals surface area contributed by atoms with Gasteiger partial charge in [0.15, 0.2) is 0 Å². The van der Waals surface area contributed by atoms with E-state index in [9.17, 15) is 4.79 Å². The van der Waals surface area contributed by atoms with Gasteiger partial charge in [-0.05, 0) is 37.3 Å². The van der Waals surface area contributed by atoms with Gasteiger partial charge in [-0.25, -0.2) is 0 Å². The van der Waals surface area contributed by atoms with Crippen LogP contribution in [-0.2, 0) is 17.9 Å². The molecule has 0 aliphatic heterocycles. The van der Waals surface area contributed by atoms with Crippen molar-refractivity contribution in [2.75, 3.05) is 7.11 Å². The molecule has 0 bridgehead atoms. The van der Waals surface area contributed by atoms with Crippen LogP contribution in [0.3, 0.4) is 0 Å². The number of carbonyl (C=O) groups is 1. The average molecular weight is 343 g/mol. The molecular formula is C17H17N3O3S. The molecule has 0 spiro atoms. The molecule has 24 heavy (non-hydrogen) atoms. The Balaban J connectivity index is 1.70. The summed E-state index contributed by atoms with van der Waals surface area (Å²) in [6.45, 7) is 2.81. The number of hydrogen-bond acceptors (Lipinski definition) is 6. The van der Waals surface area contributed by atoms with E-state index in [4.69, 9.17) is 9.15 Å². The van der Waals surface area contributed by atoms with Crippen LogP contribution < -0.4 is 5.32 Å². The Morgan fingerprint density at radius 3 is 2.92 bits per heavy atom. The summed E-state index contributed by atoms with van der Waals surface area (Å²) in [5.74, 6) is 0.625. The Labute approximate surface area is 143 Å². The first-order valence-electron chi connectivity index (χ1n) is 7.41. The largest absolute Gasteiger partial charge is 0.418 e. The van der Waals surface area contributed by atoms with E-state index < -0.39 is 0 Å². The van der Waals surface area contributed by atoms with Gasteiger partial charge in [-0.3, -0.25) is 4.79 Å². The van der Waals surface area contributed by atoms with Crippen LogP contribution in [0.1, 0.15) is 26.0 Å². The molecule has 0 radical (unpaired) electrons.